The molecule has 0 spiro atoms. The molecule has 1 atom stereocenters. The van der Waals surface area contributed by atoms with E-state index in [2.05, 4.69) is 68.2 Å². The molecule has 0 aliphatic heterocycles. The number of hydrogen-bond acceptors (Lipinski definition) is 2. The highest BCUT2D eigenvalue weighted by atomic mass is 15.1. The molecule has 0 radical (unpaired) electrons. The van der Waals surface area contributed by atoms with Crippen LogP contribution in [-0.4, -0.2) is 10.2 Å². The normalized spacial score (nSPS) is 12.4. The first-order valence-electron chi connectivity index (χ1n) is 7.55. The molecule has 2 nitrogen and oxygen atoms in total. The van der Waals surface area contributed by atoms with Gasteiger partial charge in [-0.05, 0) is 60.9 Å². The first-order valence-corrected chi connectivity index (χ1v) is 7.55. The summed E-state index contributed by atoms with van der Waals surface area (Å²) in [5.41, 5.74) is 6.37. The summed E-state index contributed by atoms with van der Waals surface area (Å²) in [7, 11) is 0. The lowest BCUT2D eigenvalue weighted by atomic mass is 9.92. The summed E-state index contributed by atoms with van der Waals surface area (Å²) in [5, 5.41) is 8.57. The first kappa shape index (κ1) is 14.7. The van der Waals surface area contributed by atoms with E-state index in [1.165, 1.54) is 16.7 Å². The summed E-state index contributed by atoms with van der Waals surface area (Å²) in [6.07, 6.45) is 2.99. The van der Waals surface area contributed by atoms with Gasteiger partial charge in [0, 0.05) is 0 Å². The summed E-state index contributed by atoms with van der Waals surface area (Å²) in [6, 6.07) is 11.0. The van der Waals surface area contributed by atoms with Gasteiger partial charge in [-0.3, -0.25) is 0 Å². The lowest BCUT2D eigenvalue weighted by Crippen LogP contribution is -2.03. The molecule has 0 aliphatic carbocycles. The molecule has 1 heterocycles. The minimum absolute atomic E-state index is 0.475. The zero-order valence-corrected chi connectivity index (χ0v) is 13.0. The summed E-state index contributed by atoms with van der Waals surface area (Å²) in [4.78, 5) is 0. The van der Waals surface area contributed by atoms with Crippen molar-refractivity contribution in [2.75, 3.05) is 0 Å². The van der Waals surface area contributed by atoms with Gasteiger partial charge in [0.25, 0.3) is 0 Å². The van der Waals surface area contributed by atoms with Crippen molar-refractivity contribution in [3.8, 4) is 0 Å². The fraction of sp³-hybridized carbons (Fsp3) is 0.444. The Labute approximate surface area is 122 Å². The third-order valence-electron chi connectivity index (χ3n) is 3.98. The largest absolute Gasteiger partial charge is 0.155 e. The smallest absolute Gasteiger partial charge is 0.0637 e. The molecule has 0 bridgehead atoms. The molecule has 0 amide bonds. The summed E-state index contributed by atoms with van der Waals surface area (Å²) < 4.78 is 0. The summed E-state index contributed by atoms with van der Waals surface area (Å²) in [6.45, 7) is 8.76. The maximum absolute atomic E-state index is 4.33. The Balaban J connectivity index is 2.12. The quantitative estimate of drug-likeness (QED) is 0.810. The van der Waals surface area contributed by atoms with Crippen LogP contribution in [0.4, 0.5) is 0 Å². The Morgan fingerprint density at radius 1 is 0.950 bits per heavy atom. The highest BCUT2D eigenvalue weighted by Gasteiger charge is 2.09. The lowest BCUT2D eigenvalue weighted by molar-refractivity contribution is 0.718. The summed E-state index contributed by atoms with van der Waals surface area (Å²) in [5.74, 6) is 0.475. The standard InChI is InChI=1S/C18H24N2/c1-5-15-12-16(8-7-13(15)3)14(4)11-18-10-9-17(6-2)19-20-18/h7-10,12,14H,5-6,11H2,1-4H3. The van der Waals surface area contributed by atoms with Crippen LogP contribution in [0, 0.1) is 6.92 Å². The molecule has 2 aromatic rings. The van der Waals surface area contributed by atoms with Gasteiger partial charge in [0.15, 0.2) is 0 Å². The topological polar surface area (TPSA) is 25.8 Å². The predicted molar refractivity (Wildman–Crippen MR) is 84.1 cm³/mol. The molecule has 0 aliphatic rings. The van der Waals surface area contributed by atoms with Crippen LogP contribution < -0.4 is 0 Å². The summed E-state index contributed by atoms with van der Waals surface area (Å²) >= 11 is 0. The number of nitrogens with zero attached hydrogens (tertiary/aromatic N) is 2. The second kappa shape index (κ2) is 6.65. The van der Waals surface area contributed by atoms with Gasteiger partial charge in [0.05, 0.1) is 11.4 Å². The average Bonchev–Trinajstić information content (AvgIpc) is 2.48. The van der Waals surface area contributed by atoms with Crippen molar-refractivity contribution >= 4 is 0 Å². The second-order valence-corrected chi connectivity index (χ2v) is 5.51. The monoisotopic (exact) mass is 268 g/mol. The van der Waals surface area contributed by atoms with Crippen LogP contribution in [0.15, 0.2) is 30.3 Å². The van der Waals surface area contributed by atoms with Gasteiger partial charge in [-0.2, -0.15) is 10.2 Å². The van der Waals surface area contributed by atoms with Crippen LogP contribution >= 0.6 is 0 Å². The fourth-order valence-electron chi connectivity index (χ4n) is 2.50. The van der Waals surface area contributed by atoms with E-state index in [-0.39, 0.29) is 0 Å². The van der Waals surface area contributed by atoms with Gasteiger partial charge >= 0.3 is 0 Å². The second-order valence-electron chi connectivity index (χ2n) is 5.51. The molecule has 0 N–H and O–H groups in total. The van der Waals surface area contributed by atoms with Crippen molar-refractivity contribution in [3.63, 3.8) is 0 Å². The first-order chi connectivity index (χ1) is 9.63. The van der Waals surface area contributed by atoms with Gasteiger partial charge in [0.1, 0.15) is 0 Å². The molecule has 1 aromatic heterocycles. The maximum Gasteiger partial charge on any atom is 0.0637 e. The number of rotatable bonds is 5. The van der Waals surface area contributed by atoms with Gasteiger partial charge in [-0.15, -0.1) is 0 Å². The SMILES string of the molecule is CCc1ccc(CC(C)c2ccc(C)c(CC)c2)nn1. The molecule has 2 heteroatoms. The molecular formula is C18H24N2. The van der Waals surface area contributed by atoms with Crippen molar-refractivity contribution in [3.05, 3.63) is 58.4 Å². The number of hydrogen-bond donors (Lipinski definition) is 0. The van der Waals surface area contributed by atoms with Crippen molar-refractivity contribution in [2.45, 2.75) is 52.9 Å². The van der Waals surface area contributed by atoms with Crippen molar-refractivity contribution < 1.29 is 0 Å². The Hall–Kier alpha value is -1.70. The van der Waals surface area contributed by atoms with E-state index in [0.717, 1.165) is 30.7 Å². The zero-order valence-electron chi connectivity index (χ0n) is 13.0. The molecule has 106 valence electrons. The molecule has 0 saturated carbocycles. The number of benzene rings is 1. The van der Waals surface area contributed by atoms with Gasteiger partial charge in [-0.1, -0.05) is 39.0 Å². The van der Waals surface area contributed by atoms with E-state index in [9.17, 15) is 0 Å². The average molecular weight is 268 g/mol. The van der Waals surface area contributed by atoms with Crippen LogP contribution in [0.25, 0.3) is 0 Å². The van der Waals surface area contributed by atoms with Crippen molar-refractivity contribution in [1.82, 2.24) is 10.2 Å². The third kappa shape index (κ3) is 3.44. The van der Waals surface area contributed by atoms with Crippen LogP contribution in [-0.2, 0) is 19.3 Å². The number of aromatic nitrogens is 2. The van der Waals surface area contributed by atoms with E-state index < -0.39 is 0 Å². The van der Waals surface area contributed by atoms with Crippen LogP contribution in [0.2, 0.25) is 0 Å². The van der Waals surface area contributed by atoms with Crippen molar-refractivity contribution in [1.29, 1.82) is 0 Å². The Morgan fingerprint density at radius 2 is 1.65 bits per heavy atom. The molecule has 20 heavy (non-hydrogen) atoms. The molecule has 1 unspecified atom stereocenters. The third-order valence-corrected chi connectivity index (χ3v) is 3.98. The Bertz CT molecular complexity index is 558. The highest BCUT2D eigenvalue weighted by Crippen LogP contribution is 2.22. The minimum atomic E-state index is 0.475. The Morgan fingerprint density at radius 3 is 2.25 bits per heavy atom. The van der Waals surface area contributed by atoms with Crippen LogP contribution in [0.1, 0.15) is 54.8 Å². The number of aryl methyl sites for hydroxylation is 3. The zero-order chi connectivity index (χ0) is 14.5. The van der Waals surface area contributed by atoms with E-state index in [4.69, 9.17) is 0 Å². The lowest BCUT2D eigenvalue weighted by Gasteiger charge is -2.14. The minimum Gasteiger partial charge on any atom is -0.155 e. The molecular weight excluding hydrogens is 244 g/mol. The molecule has 1 aromatic carbocycles. The molecule has 0 fully saturated rings. The van der Waals surface area contributed by atoms with E-state index >= 15 is 0 Å². The van der Waals surface area contributed by atoms with Crippen LogP contribution in [0.3, 0.4) is 0 Å². The van der Waals surface area contributed by atoms with Gasteiger partial charge in [-0.25, -0.2) is 0 Å². The molecule has 0 saturated heterocycles. The fourth-order valence-corrected chi connectivity index (χ4v) is 2.50. The Kier molecular flexibility index (Phi) is 4.89. The molecule has 2 rings (SSSR count). The maximum atomic E-state index is 4.33. The predicted octanol–water partition coefficient (Wildman–Crippen LogP) is 4.26. The van der Waals surface area contributed by atoms with E-state index in [1.54, 1.807) is 0 Å². The van der Waals surface area contributed by atoms with Crippen molar-refractivity contribution in [2.24, 2.45) is 0 Å². The highest BCUT2D eigenvalue weighted by molar-refractivity contribution is 5.33. The van der Waals surface area contributed by atoms with E-state index in [1.807, 2.05) is 0 Å². The van der Waals surface area contributed by atoms with Crippen LogP contribution in [0.5, 0.6) is 0 Å². The van der Waals surface area contributed by atoms with Gasteiger partial charge in [0.2, 0.25) is 0 Å². The van der Waals surface area contributed by atoms with E-state index in [0.29, 0.717) is 5.92 Å². The van der Waals surface area contributed by atoms with Gasteiger partial charge < -0.3 is 0 Å².